The van der Waals surface area contributed by atoms with Crippen molar-refractivity contribution >= 4 is 45.3 Å². The van der Waals surface area contributed by atoms with Crippen molar-refractivity contribution in [3.05, 3.63) is 41.0 Å². The maximum atomic E-state index is 12.8. The van der Waals surface area contributed by atoms with Crippen LogP contribution < -0.4 is 5.01 Å². The third kappa shape index (κ3) is 4.51. The highest BCUT2D eigenvalue weighted by atomic mass is 32.2. The molecule has 140 valence electrons. The summed E-state index contributed by atoms with van der Waals surface area (Å²) in [5.41, 5.74) is 0.551. The fraction of sp³-hybridized carbons (Fsp3) is 0.250. The van der Waals surface area contributed by atoms with Crippen LogP contribution in [0.4, 0.5) is 18.9 Å². The molecule has 1 aromatic carbocycles. The molecule has 2 heterocycles. The first-order chi connectivity index (χ1) is 12.8. The summed E-state index contributed by atoms with van der Waals surface area (Å²) in [7, 11) is 1.80. The Morgan fingerprint density at radius 1 is 1.26 bits per heavy atom. The fourth-order valence-corrected chi connectivity index (χ4v) is 4.64. The van der Waals surface area contributed by atoms with E-state index >= 15 is 0 Å². The third-order valence-electron chi connectivity index (χ3n) is 3.60. The minimum Gasteiger partial charge on any atom is -0.264 e. The number of fused-ring (bicyclic) bond motifs is 1. The van der Waals surface area contributed by atoms with Crippen LogP contribution >= 0.6 is 35.3 Å². The van der Waals surface area contributed by atoms with Gasteiger partial charge in [0.1, 0.15) is 5.03 Å². The summed E-state index contributed by atoms with van der Waals surface area (Å²) < 4.78 is 39.1. The van der Waals surface area contributed by atoms with Crippen LogP contribution in [0.3, 0.4) is 0 Å². The lowest BCUT2D eigenvalue weighted by molar-refractivity contribution is -0.137. The van der Waals surface area contributed by atoms with Crippen LogP contribution in [0.15, 0.2) is 39.4 Å². The van der Waals surface area contributed by atoms with E-state index in [4.69, 9.17) is 0 Å². The van der Waals surface area contributed by atoms with Gasteiger partial charge in [0.15, 0.2) is 9.40 Å². The summed E-state index contributed by atoms with van der Waals surface area (Å²) in [6.07, 6.45) is -2.56. The van der Waals surface area contributed by atoms with Gasteiger partial charge in [-0.25, -0.2) is 0 Å². The number of aromatic nitrogens is 2. The van der Waals surface area contributed by atoms with Gasteiger partial charge in [-0.1, -0.05) is 17.8 Å². The maximum Gasteiger partial charge on any atom is 0.416 e. The number of alkyl halides is 3. The van der Waals surface area contributed by atoms with E-state index in [0.717, 1.165) is 22.8 Å². The molecule has 1 aromatic heterocycles. The van der Waals surface area contributed by atoms with E-state index in [-0.39, 0.29) is 5.56 Å². The Bertz CT molecular complexity index is 940. The fourth-order valence-electron chi connectivity index (χ4n) is 2.22. The molecule has 1 aliphatic rings. The van der Waals surface area contributed by atoms with Gasteiger partial charge in [-0.3, -0.25) is 5.01 Å². The van der Waals surface area contributed by atoms with Gasteiger partial charge in [0.25, 0.3) is 0 Å². The Morgan fingerprint density at radius 2 is 2.04 bits per heavy atom. The molecule has 11 heteroatoms. The average Bonchev–Trinajstić information content (AvgIpc) is 2.65. The van der Waals surface area contributed by atoms with Gasteiger partial charge in [-0.05, 0) is 35.7 Å². The first-order valence-electron chi connectivity index (χ1n) is 7.46. The lowest BCUT2D eigenvalue weighted by Gasteiger charge is -2.22. The van der Waals surface area contributed by atoms with Crippen LogP contribution in [0.5, 0.6) is 0 Å². The molecule has 5 nitrogen and oxygen atoms in total. The molecule has 0 fully saturated rings. The lowest BCUT2D eigenvalue weighted by atomic mass is 10.1. The normalized spacial score (nSPS) is 13.8. The van der Waals surface area contributed by atoms with Crippen molar-refractivity contribution < 1.29 is 13.2 Å². The van der Waals surface area contributed by atoms with Crippen molar-refractivity contribution in [2.75, 3.05) is 18.3 Å². The number of anilines is 1. The lowest BCUT2D eigenvalue weighted by Crippen LogP contribution is -2.17. The molecule has 0 aliphatic carbocycles. The topological polar surface area (TPSA) is 65.2 Å². The molecule has 0 saturated carbocycles. The van der Waals surface area contributed by atoms with Gasteiger partial charge in [-0.15, -0.1) is 22.0 Å². The monoisotopic (exact) mass is 427 g/mol. The standard InChI is InChI=1S/C16H12F3N5S3/c1-24-12-6-13(25-2)21-22-14(12)27-15(23-24)26-8-9-3-4-11(16(17,18)19)5-10(9)7-20/h3-6H,8H2,1-2H3. The van der Waals surface area contributed by atoms with Crippen LogP contribution in [0.1, 0.15) is 16.7 Å². The van der Waals surface area contributed by atoms with Gasteiger partial charge < -0.3 is 0 Å². The largest absolute Gasteiger partial charge is 0.416 e. The first-order valence-corrected chi connectivity index (χ1v) is 10.5. The molecular weight excluding hydrogens is 415 g/mol. The van der Waals surface area contributed by atoms with Crippen molar-refractivity contribution in [1.82, 2.24) is 10.2 Å². The summed E-state index contributed by atoms with van der Waals surface area (Å²) >= 11 is 4.17. The number of thioether (sulfide) groups is 3. The highest BCUT2D eigenvalue weighted by Gasteiger charge is 2.31. The third-order valence-corrected chi connectivity index (χ3v) is 6.35. The Balaban J connectivity index is 1.75. The number of nitriles is 1. The number of nitrogens with zero attached hydrogens (tertiary/aromatic N) is 5. The second-order valence-corrected chi connectivity index (χ2v) is 8.37. The predicted molar refractivity (Wildman–Crippen MR) is 103 cm³/mol. The van der Waals surface area contributed by atoms with Gasteiger partial charge in [0, 0.05) is 18.9 Å². The van der Waals surface area contributed by atoms with Crippen molar-refractivity contribution in [2.45, 2.75) is 22.0 Å². The second kappa shape index (κ2) is 8.00. The molecule has 0 N–H and O–H groups in total. The quantitative estimate of drug-likeness (QED) is 0.650. The molecule has 0 radical (unpaired) electrons. The van der Waals surface area contributed by atoms with Gasteiger partial charge in [0.05, 0.1) is 22.9 Å². The highest BCUT2D eigenvalue weighted by molar-refractivity contribution is 8.38. The van der Waals surface area contributed by atoms with E-state index < -0.39 is 11.7 Å². The van der Waals surface area contributed by atoms with Gasteiger partial charge >= 0.3 is 6.18 Å². The molecule has 0 amide bonds. The number of benzene rings is 1. The van der Waals surface area contributed by atoms with Crippen LogP contribution in [0.25, 0.3) is 0 Å². The molecule has 2 aromatic rings. The Hall–Kier alpha value is -1.90. The number of hydrogen-bond acceptors (Lipinski definition) is 8. The minimum atomic E-state index is -4.47. The molecule has 0 saturated heterocycles. The summed E-state index contributed by atoms with van der Waals surface area (Å²) in [4.78, 5) is 0. The summed E-state index contributed by atoms with van der Waals surface area (Å²) in [5, 5.41) is 25.1. The van der Waals surface area contributed by atoms with Gasteiger partial charge in [-0.2, -0.15) is 23.5 Å². The molecular formula is C16H12F3N5S3. The molecule has 1 aliphatic heterocycles. The predicted octanol–water partition coefficient (Wildman–Crippen LogP) is 4.84. The number of rotatable bonds is 3. The van der Waals surface area contributed by atoms with Crippen LogP contribution in [0.2, 0.25) is 0 Å². The van der Waals surface area contributed by atoms with E-state index in [1.165, 1.54) is 41.4 Å². The highest BCUT2D eigenvalue weighted by Crippen LogP contribution is 2.39. The molecule has 3 rings (SSSR count). The van der Waals surface area contributed by atoms with E-state index in [1.54, 1.807) is 12.1 Å². The average molecular weight is 428 g/mol. The van der Waals surface area contributed by atoms with Crippen LogP contribution in [-0.4, -0.2) is 27.9 Å². The second-order valence-electron chi connectivity index (χ2n) is 5.34. The smallest absolute Gasteiger partial charge is 0.264 e. The maximum absolute atomic E-state index is 12.8. The zero-order valence-electron chi connectivity index (χ0n) is 14.1. The minimum absolute atomic E-state index is 0.0110. The number of hydrazone groups is 1. The summed E-state index contributed by atoms with van der Waals surface area (Å²) in [6, 6.07) is 6.94. The van der Waals surface area contributed by atoms with Crippen LogP contribution in [0, 0.1) is 11.3 Å². The molecule has 0 bridgehead atoms. The van der Waals surface area contributed by atoms with Crippen molar-refractivity contribution in [2.24, 2.45) is 5.10 Å². The van der Waals surface area contributed by atoms with E-state index in [1.807, 2.05) is 18.4 Å². The van der Waals surface area contributed by atoms with E-state index in [2.05, 4.69) is 15.3 Å². The molecule has 0 unspecified atom stereocenters. The SMILES string of the molecule is CSc1cc2c(nn1)SC(SCc1ccc(C(F)(F)F)cc1C#N)=NN2C. The zero-order valence-corrected chi connectivity index (χ0v) is 16.6. The first kappa shape index (κ1) is 19.9. The van der Waals surface area contributed by atoms with Crippen LogP contribution in [-0.2, 0) is 11.9 Å². The van der Waals surface area contributed by atoms with Crippen molar-refractivity contribution in [3.63, 3.8) is 0 Å². The number of halogens is 3. The Morgan fingerprint density at radius 3 is 2.70 bits per heavy atom. The van der Waals surface area contributed by atoms with Crippen molar-refractivity contribution in [3.8, 4) is 6.07 Å². The number of hydrogen-bond donors (Lipinski definition) is 0. The zero-order chi connectivity index (χ0) is 19.6. The molecule has 0 spiro atoms. The van der Waals surface area contributed by atoms with Gasteiger partial charge in [0.2, 0.25) is 0 Å². The van der Waals surface area contributed by atoms with Crippen molar-refractivity contribution in [1.29, 1.82) is 5.26 Å². The van der Waals surface area contributed by atoms with E-state index in [0.29, 0.717) is 20.7 Å². The Labute approximate surface area is 166 Å². The molecule has 27 heavy (non-hydrogen) atoms. The van der Waals surface area contributed by atoms with E-state index in [9.17, 15) is 18.4 Å². The molecule has 0 atom stereocenters. The summed E-state index contributed by atoms with van der Waals surface area (Å²) in [6.45, 7) is 0. The Kier molecular flexibility index (Phi) is 5.88. The summed E-state index contributed by atoms with van der Waals surface area (Å²) in [5.74, 6) is 0.326.